The zero-order chi connectivity index (χ0) is 20.0. The summed E-state index contributed by atoms with van der Waals surface area (Å²) in [5.41, 5.74) is 1.56. The molecule has 0 aliphatic heterocycles. The molecule has 27 heavy (non-hydrogen) atoms. The predicted octanol–water partition coefficient (Wildman–Crippen LogP) is 3.87. The summed E-state index contributed by atoms with van der Waals surface area (Å²) in [6.45, 7) is 7.46. The van der Waals surface area contributed by atoms with E-state index >= 15 is 0 Å². The maximum Gasteiger partial charge on any atom is 0.347 e. The maximum absolute atomic E-state index is 12.0. The van der Waals surface area contributed by atoms with Crippen LogP contribution in [0.25, 0.3) is 0 Å². The first-order valence-electron chi connectivity index (χ1n) is 8.42. The van der Waals surface area contributed by atoms with Crippen LogP contribution in [0.2, 0.25) is 0 Å². The Hall–Kier alpha value is -2.85. The lowest BCUT2D eigenvalue weighted by atomic mass is 9.87. The molecule has 0 aliphatic carbocycles. The van der Waals surface area contributed by atoms with E-state index in [1.165, 1.54) is 11.3 Å². The molecule has 1 aromatic carbocycles. The molecule has 142 valence electrons. The van der Waals surface area contributed by atoms with Crippen molar-refractivity contribution in [2.24, 2.45) is 0 Å². The van der Waals surface area contributed by atoms with Crippen LogP contribution in [0.3, 0.4) is 0 Å². The van der Waals surface area contributed by atoms with Crippen molar-refractivity contribution in [1.82, 2.24) is 0 Å². The zero-order valence-corrected chi connectivity index (χ0v) is 16.6. The third-order valence-corrected chi connectivity index (χ3v) is 4.58. The van der Waals surface area contributed by atoms with Crippen LogP contribution in [0, 0.1) is 11.3 Å². The molecule has 7 heteroatoms. The minimum absolute atomic E-state index is 0.0322. The molecule has 1 heterocycles. The van der Waals surface area contributed by atoms with Crippen molar-refractivity contribution >= 4 is 28.2 Å². The molecule has 6 nitrogen and oxygen atoms in total. The van der Waals surface area contributed by atoms with Crippen LogP contribution in [-0.4, -0.2) is 24.6 Å². The molecule has 0 saturated carbocycles. The fourth-order valence-electron chi connectivity index (χ4n) is 2.20. The molecule has 0 aliphatic rings. The van der Waals surface area contributed by atoms with E-state index in [9.17, 15) is 9.59 Å². The lowest BCUT2D eigenvalue weighted by Crippen LogP contribution is -2.29. The van der Waals surface area contributed by atoms with Crippen molar-refractivity contribution < 1.29 is 19.1 Å². The molecule has 0 spiro atoms. The third-order valence-electron chi connectivity index (χ3n) is 3.75. The van der Waals surface area contributed by atoms with Gasteiger partial charge in [0.25, 0.3) is 5.91 Å². The van der Waals surface area contributed by atoms with Gasteiger partial charge in [-0.1, -0.05) is 32.9 Å². The Morgan fingerprint density at radius 2 is 1.89 bits per heavy atom. The monoisotopic (exact) mass is 386 g/mol. The number of amides is 1. The number of hydrogen-bond donors (Lipinski definition) is 1. The lowest BCUT2D eigenvalue weighted by Gasteiger charge is -2.20. The van der Waals surface area contributed by atoms with E-state index in [0.717, 1.165) is 5.56 Å². The smallest absolute Gasteiger partial charge is 0.347 e. The summed E-state index contributed by atoms with van der Waals surface area (Å²) in [5, 5.41) is 13.6. The normalized spacial score (nSPS) is 12.0. The molecule has 1 N–H and O–H groups in total. The Morgan fingerprint density at radius 1 is 1.22 bits per heavy atom. The molecular weight excluding hydrogens is 364 g/mol. The first kappa shape index (κ1) is 20.5. The highest BCUT2D eigenvalue weighted by Crippen LogP contribution is 2.25. The van der Waals surface area contributed by atoms with Crippen LogP contribution in [0.4, 0.5) is 5.00 Å². The van der Waals surface area contributed by atoms with E-state index in [-0.39, 0.29) is 5.41 Å². The van der Waals surface area contributed by atoms with Crippen LogP contribution in [0.5, 0.6) is 5.75 Å². The Bertz CT molecular complexity index is 844. The van der Waals surface area contributed by atoms with Crippen LogP contribution >= 0.6 is 11.3 Å². The number of benzene rings is 1. The number of thiophene rings is 1. The highest BCUT2D eigenvalue weighted by Gasteiger charge is 2.19. The predicted molar refractivity (Wildman–Crippen MR) is 104 cm³/mol. The zero-order valence-electron chi connectivity index (χ0n) is 15.7. The number of esters is 1. The van der Waals surface area contributed by atoms with Crippen LogP contribution < -0.4 is 10.1 Å². The van der Waals surface area contributed by atoms with Crippen molar-refractivity contribution in [3.8, 4) is 11.8 Å². The van der Waals surface area contributed by atoms with E-state index in [1.54, 1.807) is 30.5 Å². The van der Waals surface area contributed by atoms with Crippen molar-refractivity contribution in [3.63, 3.8) is 0 Å². The van der Waals surface area contributed by atoms with Gasteiger partial charge in [0.1, 0.15) is 16.8 Å². The number of ether oxygens (including phenoxy) is 2. The average Bonchev–Trinajstić information content (AvgIpc) is 3.06. The SMILES string of the molecule is C[C@@H](Oc1ccc(C(C)(C)C)cc1)C(=O)OCC(=O)Nc1sccc1C#N. The molecule has 0 radical (unpaired) electrons. The highest BCUT2D eigenvalue weighted by molar-refractivity contribution is 7.14. The van der Waals surface area contributed by atoms with Crippen molar-refractivity contribution in [2.75, 3.05) is 11.9 Å². The second kappa shape index (κ2) is 8.69. The number of hydrogen-bond acceptors (Lipinski definition) is 6. The van der Waals surface area contributed by atoms with Gasteiger partial charge in [0.2, 0.25) is 0 Å². The molecular formula is C20H22N2O4S. The first-order chi connectivity index (χ1) is 12.7. The quantitative estimate of drug-likeness (QED) is 0.762. The molecule has 2 rings (SSSR count). The summed E-state index contributed by atoms with van der Waals surface area (Å²) < 4.78 is 10.6. The number of rotatable bonds is 6. The van der Waals surface area contributed by atoms with Gasteiger partial charge in [-0.25, -0.2) is 4.79 Å². The number of nitrogens with one attached hydrogen (secondary N) is 1. The fraction of sp³-hybridized carbons (Fsp3) is 0.350. The Morgan fingerprint density at radius 3 is 2.48 bits per heavy atom. The number of nitriles is 1. The average molecular weight is 386 g/mol. The minimum Gasteiger partial charge on any atom is -0.479 e. The van der Waals surface area contributed by atoms with Crippen molar-refractivity contribution in [3.05, 3.63) is 46.8 Å². The topological polar surface area (TPSA) is 88.4 Å². The number of carbonyl (C=O) groups excluding carboxylic acids is 2. The largest absolute Gasteiger partial charge is 0.479 e. The second-order valence-electron chi connectivity index (χ2n) is 6.97. The Kier molecular flexibility index (Phi) is 6.59. The van der Waals surface area contributed by atoms with Gasteiger partial charge in [0.15, 0.2) is 12.7 Å². The van der Waals surface area contributed by atoms with Crippen LogP contribution in [0.1, 0.15) is 38.8 Å². The van der Waals surface area contributed by atoms with Crippen LogP contribution in [-0.2, 0) is 19.7 Å². The van der Waals surface area contributed by atoms with Gasteiger partial charge in [0.05, 0.1) is 5.56 Å². The van der Waals surface area contributed by atoms with Crippen LogP contribution in [0.15, 0.2) is 35.7 Å². The molecule has 1 aromatic heterocycles. The number of carbonyl (C=O) groups is 2. The molecule has 0 unspecified atom stereocenters. The molecule has 0 saturated heterocycles. The van der Waals surface area contributed by atoms with E-state index in [4.69, 9.17) is 14.7 Å². The van der Waals surface area contributed by atoms with Gasteiger partial charge < -0.3 is 14.8 Å². The van der Waals surface area contributed by atoms with Gasteiger partial charge in [-0.15, -0.1) is 11.3 Å². The standard InChI is InChI=1S/C20H22N2O4S/c1-13(26-16-7-5-15(6-8-16)20(2,3)4)19(24)25-12-17(23)22-18-14(11-21)9-10-27-18/h5-10,13H,12H2,1-4H3,(H,22,23)/t13-/m1/s1. The van der Waals surface area contributed by atoms with Gasteiger partial charge in [0, 0.05) is 0 Å². The fourth-order valence-corrected chi connectivity index (χ4v) is 2.95. The van der Waals surface area contributed by atoms with Gasteiger partial charge in [-0.3, -0.25) is 4.79 Å². The van der Waals surface area contributed by atoms with E-state index in [0.29, 0.717) is 16.3 Å². The summed E-state index contributed by atoms with van der Waals surface area (Å²) in [5.74, 6) is -0.602. The maximum atomic E-state index is 12.0. The summed E-state index contributed by atoms with van der Waals surface area (Å²) >= 11 is 1.23. The summed E-state index contributed by atoms with van der Waals surface area (Å²) in [4.78, 5) is 23.9. The first-order valence-corrected chi connectivity index (χ1v) is 9.30. The third kappa shape index (κ3) is 5.83. The highest BCUT2D eigenvalue weighted by atomic mass is 32.1. The van der Waals surface area contributed by atoms with Gasteiger partial charge in [-0.05, 0) is 41.5 Å². The van der Waals surface area contributed by atoms with Gasteiger partial charge >= 0.3 is 5.97 Å². The Balaban J connectivity index is 1.83. The summed E-state index contributed by atoms with van der Waals surface area (Å²) in [6, 6.07) is 11.1. The van der Waals surface area contributed by atoms with E-state index in [1.807, 2.05) is 18.2 Å². The van der Waals surface area contributed by atoms with Crippen molar-refractivity contribution in [1.29, 1.82) is 5.26 Å². The minimum atomic E-state index is -0.852. The van der Waals surface area contributed by atoms with Crippen molar-refractivity contribution in [2.45, 2.75) is 39.2 Å². The molecule has 1 amide bonds. The molecule has 2 aromatic rings. The van der Waals surface area contributed by atoms with E-state index < -0.39 is 24.6 Å². The van der Waals surface area contributed by atoms with E-state index in [2.05, 4.69) is 26.1 Å². The number of anilines is 1. The second-order valence-corrected chi connectivity index (χ2v) is 7.88. The Labute approximate surface area is 162 Å². The van der Waals surface area contributed by atoms with Gasteiger partial charge in [-0.2, -0.15) is 5.26 Å². The molecule has 1 atom stereocenters. The summed E-state index contributed by atoms with van der Waals surface area (Å²) in [6.07, 6.45) is -0.852. The summed E-state index contributed by atoms with van der Waals surface area (Å²) in [7, 11) is 0. The lowest BCUT2D eigenvalue weighted by molar-refractivity contribution is -0.153. The molecule has 0 fully saturated rings. The molecule has 0 bridgehead atoms. The number of nitrogens with zero attached hydrogens (tertiary/aromatic N) is 1.